The topological polar surface area (TPSA) is 79.0 Å². The molecule has 0 saturated heterocycles. The van der Waals surface area contributed by atoms with E-state index in [1.165, 1.54) is 4.40 Å². The van der Waals surface area contributed by atoms with Crippen molar-refractivity contribution in [3.63, 3.8) is 0 Å². The molecule has 0 aliphatic rings. The molecule has 0 spiro atoms. The van der Waals surface area contributed by atoms with Crippen LogP contribution in [-0.2, 0) is 0 Å². The van der Waals surface area contributed by atoms with Crippen molar-refractivity contribution in [1.82, 2.24) is 9.38 Å². The molecule has 0 unspecified atom stereocenters. The SMILES string of the molecule is CNc1nc2ccc(C)cn2c(=O)c1/C=N/O. The van der Waals surface area contributed by atoms with Crippen LogP contribution in [0.25, 0.3) is 5.65 Å². The first-order chi connectivity index (χ1) is 8.17. The first kappa shape index (κ1) is 11.1. The molecule has 0 aliphatic heterocycles. The van der Waals surface area contributed by atoms with Crippen molar-refractivity contribution >= 4 is 17.7 Å². The van der Waals surface area contributed by atoms with E-state index in [9.17, 15) is 4.79 Å². The Morgan fingerprint density at radius 3 is 2.94 bits per heavy atom. The fraction of sp³-hybridized carbons (Fsp3) is 0.182. The minimum Gasteiger partial charge on any atom is -0.411 e. The van der Waals surface area contributed by atoms with Crippen LogP contribution >= 0.6 is 0 Å². The average molecular weight is 232 g/mol. The highest BCUT2D eigenvalue weighted by Gasteiger charge is 2.09. The quantitative estimate of drug-likeness (QED) is 0.457. The van der Waals surface area contributed by atoms with E-state index in [2.05, 4.69) is 15.5 Å². The number of aryl methyl sites for hydroxylation is 1. The van der Waals surface area contributed by atoms with Gasteiger partial charge in [-0.2, -0.15) is 0 Å². The zero-order valence-electron chi connectivity index (χ0n) is 9.51. The van der Waals surface area contributed by atoms with Gasteiger partial charge in [0.2, 0.25) is 0 Å². The molecule has 17 heavy (non-hydrogen) atoms. The zero-order chi connectivity index (χ0) is 12.4. The molecule has 0 saturated carbocycles. The second kappa shape index (κ2) is 4.25. The molecule has 0 amide bonds. The van der Waals surface area contributed by atoms with E-state index >= 15 is 0 Å². The predicted octanol–water partition coefficient (Wildman–Crippen LogP) is 0.853. The van der Waals surface area contributed by atoms with E-state index in [0.717, 1.165) is 11.8 Å². The van der Waals surface area contributed by atoms with Crippen molar-refractivity contribution in [3.8, 4) is 0 Å². The molecule has 2 aromatic heterocycles. The molecular formula is C11H12N4O2. The van der Waals surface area contributed by atoms with E-state index in [0.29, 0.717) is 11.5 Å². The van der Waals surface area contributed by atoms with Crippen molar-refractivity contribution in [2.45, 2.75) is 6.92 Å². The lowest BCUT2D eigenvalue weighted by atomic mass is 10.2. The van der Waals surface area contributed by atoms with Gasteiger partial charge in [-0.05, 0) is 18.6 Å². The summed E-state index contributed by atoms with van der Waals surface area (Å²) >= 11 is 0. The standard InChI is InChI=1S/C11H12N4O2/c1-7-3-4-9-14-10(12-2)8(5-13-17)11(16)15(9)6-7/h3-6,12,17H,1-2H3/b13-5+. The highest BCUT2D eigenvalue weighted by atomic mass is 16.4. The summed E-state index contributed by atoms with van der Waals surface area (Å²) in [6.45, 7) is 1.89. The smallest absolute Gasteiger partial charge is 0.268 e. The highest BCUT2D eigenvalue weighted by Crippen LogP contribution is 2.09. The molecule has 6 heteroatoms. The predicted molar refractivity (Wildman–Crippen MR) is 65.1 cm³/mol. The van der Waals surface area contributed by atoms with Crippen molar-refractivity contribution in [3.05, 3.63) is 39.8 Å². The summed E-state index contributed by atoms with van der Waals surface area (Å²) in [5.74, 6) is 0.386. The van der Waals surface area contributed by atoms with Gasteiger partial charge in [0, 0.05) is 13.2 Å². The molecule has 2 heterocycles. The van der Waals surface area contributed by atoms with Gasteiger partial charge in [0.1, 0.15) is 17.0 Å². The van der Waals surface area contributed by atoms with Gasteiger partial charge in [0.15, 0.2) is 0 Å². The first-order valence-corrected chi connectivity index (χ1v) is 5.05. The van der Waals surface area contributed by atoms with Gasteiger partial charge in [-0.3, -0.25) is 9.20 Å². The third kappa shape index (κ3) is 1.84. The monoisotopic (exact) mass is 232 g/mol. The molecule has 0 aromatic carbocycles. The van der Waals surface area contributed by atoms with Crippen molar-refractivity contribution in [2.24, 2.45) is 5.16 Å². The Kier molecular flexibility index (Phi) is 2.78. The van der Waals surface area contributed by atoms with Gasteiger partial charge in [-0.1, -0.05) is 11.2 Å². The van der Waals surface area contributed by atoms with Crippen LogP contribution < -0.4 is 10.9 Å². The first-order valence-electron chi connectivity index (χ1n) is 5.05. The number of pyridine rings is 1. The maximum atomic E-state index is 12.1. The van der Waals surface area contributed by atoms with Crippen LogP contribution in [0.5, 0.6) is 0 Å². The van der Waals surface area contributed by atoms with Gasteiger partial charge in [-0.25, -0.2) is 4.98 Å². The molecule has 0 aliphatic carbocycles. The molecule has 2 aromatic rings. The van der Waals surface area contributed by atoms with Crippen LogP contribution in [0.15, 0.2) is 28.3 Å². The van der Waals surface area contributed by atoms with Gasteiger partial charge in [0.05, 0.1) is 6.21 Å². The Labute approximate surface area is 97.2 Å². The number of aromatic nitrogens is 2. The third-order valence-electron chi connectivity index (χ3n) is 2.43. The minimum absolute atomic E-state index is 0.220. The number of nitrogens with zero attached hydrogens (tertiary/aromatic N) is 3. The van der Waals surface area contributed by atoms with E-state index in [1.54, 1.807) is 19.3 Å². The lowest BCUT2D eigenvalue weighted by Crippen LogP contribution is -2.21. The molecule has 2 rings (SSSR count). The van der Waals surface area contributed by atoms with Gasteiger partial charge >= 0.3 is 0 Å². The Morgan fingerprint density at radius 2 is 2.29 bits per heavy atom. The van der Waals surface area contributed by atoms with Gasteiger partial charge in [0.25, 0.3) is 5.56 Å². The van der Waals surface area contributed by atoms with E-state index in [4.69, 9.17) is 5.21 Å². The Bertz CT molecular complexity index is 646. The zero-order valence-corrected chi connectivity index (χ0v) is 9.51. The largest absolute Gasteiger partial charge is 0.411 e. The van der Waals surface area contributed by atoms with Crippen LogP contribution in [0.4, 0.5) is 5.82 Å². The summed E-state index contributed by atoms with van der Waals surface area (Å²) in [6.07, 6.45) is 2.77. The lowest BCUT2D eigenvalue weighted by Gasteiger charge is -2.07. The maximum Gasteiger partial charge on any atom is 0.268 e. The molecule has 0 bridgehead atoms. The van der Waals surface area contributed by atoms with E-state index < -0.39 is 0 Å². The lowest BCUT2D eigenvalue weighted by molar-refractivity contribution is 0.322. The number of anilines is 1. The summed E-state index contributed by atoms with van der Waals surface area (Å²) in [5, 5.41) is 14.2. The van der Waals surface area contributed by atoms with Gasteiger partial charge in [-0.15, -0.1) is 0 Å². The summed E-state index contributed by atoms with van der Waals surface area (Å²) < 4.78 is 1.42. The number of nitrogens with one attached hydrogen (secondary N) is 1. The van der Waals surface area contributed by atoms with E-state index in [-0.39, 0.29) is 11.1 Å². The molecular weight excluding hydrogens is 220 g/mol. The molecule has 0 radical (unpaired) electrons. The summed E-state index contributed by atoms with van der Waals surface area (Å²) in [4.78, 5) is 16.4. The van der Waals surface area contributed by atoms with E-state index in [1.807, 2.05) is 13.0 Å². The number of hydrogen-bond acceptors (Lipinski definition) is 5. The average Bonchev–Trinajstić information content (AvgIpc) is 2.33. The third-order valence-corrected chi connectivity index (χ3v) is 2.43. The number of rotatable bonds is 2. The summed E-state index contributed by atoms with van der Waals surface area (Å²) in [7, 11) is 1.65. The van der Waals surface area contributed by atoms with Crippen molar-refractivity contribution < 1.29 is 5.21 Å². The number of oxime groups is 1. The number of fused-ring (bicyclic) bond motifs is 1. The van der Waals surface area contributed by atoms with Crippen LogP contribution in [0.1, 0.15) is 11.1 Å². The Morgan fingerprint density at radius 1 is 1.53 bits per heavy atom. The van der Waals surface area contributed by atoms with Crippen LogP contribution in [0.2, 0.25) is 0 Å². The van der Waals surface area contributed by atoms with Crippen molar-refractivity contribution in [2.75, 3.05) is 12.4 Å². The molecule has 0 fully saturated rings. The van der Waals surface area contributed by atoms with Gasteiger partial charge < -0.3 is 10.5 Å². The molecule has 88 valence electrons. The second-order valence-electron chi connectivity index (χ2n) is 3.61. The van der Waals surface area contributed by atoms with Crippen LogP contribution in [0, 0.1) is 6.92 Å². The molecule has 0 atom stereocenters. The Balaban J connectivity index is 2.89. The summed E-state index contributed by atoms with van der Waals surface area (Å²) in [6, 6.07) is 3.64. The molecule has 6 nitrogen and oxygen atoms in total. The van der Waals surface area contributed by atoms with Crippen LogP contribution in [-0.4, -0.2) is 27.9 Å². The van der Waals surface area contributed by atoms with Crippen LogP contribution in [0.3, 0.4) is 0 Å². The Hall–Kier alpha value is -2.37. The second-order valence-corrected chi connectivity index (χ2v) is 3.61. The van der Waals surface area contributed by atoms with Crippen molar-refractivity contribution in [1.29, 1.82) is 0 Å². The molecule has 2 N–H and O–H groups in total. The fourth-order valence-electron chi connectivity index (χ4n) is 1.62. The summed E-state index contributed by atoms with van der Waals surface area (Å²) in [5.41, 5.74) is 1.43. The maximum absolute atomic E-state index is 12.1. The normalized spacial score (nSPS) is 11.2. The minimum atomic E-state index is -0.277. The number of hydrogen-bond donors (Lipinski definition) is 2. The highest BCUT2D eigenvalue weighted by molar-refractivity contribution is 5.85. The fourth-order valence-corrected chi connectivity index (χ4v) is 1.62.